The summed E-state index contributed by atoms with van der Waals surface area (Å²) in [4.78, 5) is 24.8. The van der Waals surface area contributed by atoms with Crippen molar-refractivity contribution in [2.24, 2.45) is 0 Å². The Hall–Kier alpha value is -2.63. The van der Waals surface area contributed by atoms with Gasteiger partial charge in [0.1, 0.15) is 5.69 Å². The molecule has 5 nitrogen and oxygen atoms in total. The molecule has 0 unspecified atom stereocenters. The Bertz CT molecular complexity index is 841. The number of ketones is 2. The lowest BCUT2D eigenvalue weighted by molar-refractivity contribution is 0.102. The molecule has 1 aromatic heterocycles. The van der Waals surface area contributed by atoms with Crippen molar-refractivity contribution in [1.29, 1.82) is 0 Å². The van der Waals surface area contributed by atoms with Gasteiger partial charge in [-0.05, 0) is 48.5 Å². The molecule has 0 aliphatic heterocycles. The van der Waals surface area contributed by atoms with E-state index in [1.165, 1.54) is 24.3 Å². The van der Waals surface area contributed by atoms with Crippen LogP contribution in [0.5, 0.6) is 5.75 Å². The van der Waals surface area contributed by atoms with E-state index in [4.69, 9.17) is 23.2 Å². The molecule has 120 valence electrons. The van der Waals surface area contributed by atoms with Crippen molar-refractivity contribution in [2.45, 2.75) is 0 Å². The van der Waals surface area contributed by atoms with Crippen LogP contribution in [0.25, 0.3) is 0 Å². The lowest BCUT2D eigenvalue weighted by Gasteiger charge is -2.01. The Kier molecular flexibility index (Phi) is 4.38. The largest absolute Gasteiger partial charge is 0.504 e. The molecule has 0 amide bonds. The summed E-state index contributed by atoms with van der Waals surface area (Å²) in [6.45, 7) is 0. The Labute approximate surface area is 146 Å². The predicted octanol–water partition coefficient (Wildman–Crippen LogP) is 3.88. The number of nitrogens with one attached hydrogen (secondary N) is 1. The number of hydrogen-bond acceptors (Lipinski definition) is 4. The van der Waals surface area contributed by atoms with Gasteiger partial charge in [0.25, 0.3) is 0 Å². The fourth-order valence-corrected chi connectivity index (χ4v) is 2.39. The van der Waals surface area contributed by atoms with Crippen LogP contribution in [0.4, 0.5) is 0 Å². The highest BCUT2D eigenvalue weighted by molar-refractivity contribution is 6.31. The van der Waals surface area contributed by atoms with Crippen LogP contribution in [0, 0.1) is 0 Å². The number of halogens is 2. The van der Waals surface area contributed by atoms with E-state index in [0.29, 0.717) is 21.2 Å². The van der Waals surface area contributed by atoms with Crippen LogP contribution in [0.2, 0.25) is 10.0 Å². The molecule has 3 rings (SSSR count). The Morgan fingerprint density at radius 2 is 1.29 bits per heavy atom. The first-order valence-corrected chi connectivity index (χ1v) is 7.61. The number of aromatic hydroxyl groups is 1. The predicted molar refractivity (Wildman–Crippen MR) is 90.0 cm³/mol. The summed E-state index contributed by atoms with van der Waals surface area (Å²) in [5, 5.41) is 17.4. The van der Waals surface area contributed by atoms with Crippen molar-refractivity contribution in [3.8, 4) is 5.75 Å². The van der Waals surface area contributed by atoms with Gasteiger partial charge in [-0.3, -0.25) is 14.7 Å². The zero-order chi connectivity index (χ0) is 17.3. The molecule has 2 N–H and O–H groups in total. The monoisotopic (exact) mass is 360 g/mol. The molecule has 24 heavy (non-hydrogen) atoms. The molecule has 7 heteroatoms. The normalized spacial score (nSPS) is 10.6. The molecular formula is C17H10Cl2N2O3. The number of aromatic amines is 1. The minimum absolute atomic E-state index is 0.158. The van der Waals surface area contributed by atoms with Gasteiger partial charge in [-0.1, -0.05) is 23.2 Å². The first kappa shape index (κ1) is 16.2. The average Bonchev–Trinajstić information content (AvgIpc) is 2.96. The molecular weight excluding hydrogens is 351 g/mol. The molecule has 0 aliphatic rings. The molecule has 0 saturated carbocycles. The van der Waals surface area contributed by atoms with Gasteiger partial charge < -0.3 is 5.11 Å². The van der Waals surface area contributed by atoms with Crippen molar-refractivity contribution in [3.63, 3.8) is 0 Å². The van der Waals surface area contributed by atoms with Gasteiger partial charge >= 0.3 is 0 Å². The van der Waals surface area contributed by atoms with Crippen molar-refractivity contribution < 1.29 is 14.7 Å². The molecule has 3 aromatic rings. The van der Waals surface area contributed by atoms with Crippen LogP contribution in [0.3, 0.4) is 0 Å². The average molecular weight is 361 g/mol. The van der Waals surface area contributed by atoms with Gasteiger partial charge in [-0.2, -0.15) is 5.10 Å². The Balaban J connectivity index is 1.93. The van der Waals surface area contributed by atoms with Crippen molar-refractivity contribution in [2.75, 3.05) is 0 Å². The SMILES string of the molecule is O=C(c1ccc(Cl)cc1)c1n[nH]c(C(=O)c2ccc(Cl)cc2)c1O. The summed E-state index contributed by atoms with van der Waals surface area (Å²) in [7, 11) is 0. The van der Waals surface area contributed by atoms with E-state index in [1.807, 2.05) is 0 Å². The first-order chi connectivity index (χ1) is 11.5. The number of carbonyl (C=O) groups excluding carboxylic acids is 2. The zero-order valence-corrected chi connectivity index (χ0v) is 13.6. The van der Waals surface area contributed by atoms with Gasteiger partial charge in [0.2, 0.25) is 11.6 Å². The lowest BCUT2D eigenvalue weighted by Crippen LogP contribution is -2.03. The molecule has 0 bridgehead atoms. The second-order valence-electron chi connectivity index (χ2n) is 4.97. The highest BCUT2D eigenvalue weighted by Crippen LogP contribution is 2.25. The third-order valence-electron chi connectivity index (χ3n) is 3.40. The second-order valence-corrected chi connectivity index (χ2v) is 5.84. The van der Waals surface area contributed by atoms with Gasteiger partial charge in [-0.25, -0.2) is 0 Å². The summed E-state index contributed by atoms with van der Waals surface area (Å²) in [6, 6.07) is 12.3. The lowest BCUT2D eigenvalue weighted by atomic mass is 10.0. The number of benzene rings is 2. The maximum absolute atomic E-state index is 12.4. The third-order valence-corrected chi connectivity index (χ3v) is 3.90. The summed E-state index contributed by atoms with van der Waals surface area (Å²) in [6.07, 6.45) is 0. The fourth-order valence-electron chi connectivity index (χ4n) is 2.14. The number of hydrogen-bond donors (Lipinski definition) is 2. The third kappa shape index (κ3) is 3.04. The van der Waals surface area contributed by atoms with Crippen LogP contribution in [0.1, 0.15) is 32.1 Å². The van der Waals surface area contributed by atoms with E-state index in [9.17, 15) is 14.7 Å². The Morgan fingerprint density at radius 3 is 1.79 bits per heavy atom. The highest BCUT2D eigenvalue weighted by atomic mass is 35.5. The highest BCUT2D eigenvalue weighted by Gasteiger charge is 2.24. The van der Waals surface area contributed by atoms with E-state index >= 15 is 0 Å². The number of H-pyrrole nitrogens is 1. The minimum Gasteiger partial charge on any atom is -0.504 e. The summed E-state index contributed by atoms with van der Waals surface area (Å²) in [5.74, 6) is -1.50. The molecule has 2 aromatic carbocycles. The van der Waals surface area contributed by atoms with Crippen molar-refractivity contribution in [1.82, 2.24) is 10.2 Å². The summed E-state index contributed by atoms with van der Waals surface area (Å²) < 4.78 is 0. The van der Waals surface area contributed by atoms with Crippen LogP contribution >= 0.6 is 23.2 Å². The summed E-state index contributed by atoms with van der Waals surface area (Å²) in [5.41, 5.74) is 0.222. The van der Waals surface area contributed by atoms with Crippen molar-refractivity contribution in [3.05, 3.63) is 81.1 Å². The summed E-state index contributed by atoms with van der Waals surface area (Å²) >= 11 is 11.6. The minimum atomic E-state index is -0.518. The smallest absolute Gasteiger partial charge is 0.217 e. The van der Waals surface area contributed by atoms with E-state index in [2.05, 4.69) is 10.2 Å². The van der Waals surface area contributed by atoms with Gasteiger partial charge in [-0.15, -0.1) is 0 Å². The van der Waals surface area contributed by atoms with E-state index in [0.717, 1.165) is 0 Å². The molecule has 1 heterocycles. The molecule has 0 aliphatic carbocycles. The quantitative estimate of drug-likeness (QED) is 0.691. The van der Waals surface area contributed by atoms with Gasteiger partial charge in [0, 0.05) is 21.2 Å². The van der Waals surface area contributed by atoms with E-state index in [1.54, 1.807) is 24.3 Å². The van der Waals surface area contributed by atoms with E-state index in [-0.39, 0.29) is 11.4 Å². The molecule has 0 saturated heterocycles. The maximum atomic E-state index is 12.4. The van der Waals surface area contributed by atoms with Gasteiger partial charge in [0.15, 0.2) is 11.4 Å². The number of carbonyl (C=O) groups is 2. The topological polar surface area (TPSA) is 83.0 Å². The fraction of sp³-hybridized carbons (Fsp3) is 0. The zero-order valence-electron chi connectivity index (χ0n) is 12.1. The first-order valence-electron chi connectivity index (χ1n) is 6.85. The van der Waals surface area contributed by atoms with Gasteiger partial charge in [0.05, 0.1) is 0 Å². The van der Waals surface area contributed by atoms with Crippen LogP contribution < -0.4 is 0 Å². The molecule has 0 radical (unpaired) electrons. The number of rotatable bonds is 4. The van der Waals surface area contributed by atoms with E-state index < -0.39 is 17.3 Å². The standard InChI is InChI=1S/C17H10Cl2N2O3/c18-11-5-1-9(2-6-11)15(22)13-17(24)14(21-20-13)16(23)10-3-7-12(19)8-4-10/h1-8,24H,(H,20,21). The molecule has 0 spiro atoms. The van der Waals surface area contributed by atoms with Crippen molar-refractivity contribution >= 4 is 34.8 Å². The Morgan fingerprint density at radius 1 is 0.833 bits per heavy atom. The van der Waals surface area contributed by atoms with Crippen LogP contribution in [0.15, 0.2) is 48.5 Å². The number of aromatic nitrogens is 2. The maximum Gasteiger partial charge on any atom is 0.217 e. The number of nitrogens with zero attached hydrogens (tertiary/aromatic N) is 1. The second kappa shape index (κ2) is 6.47. The molecule has 0 atom stereocenters. The van der Waals surface area contributed by atoms with Crippen LogP contribution in [-0.4, -0.2) is 26.9 Å². The van der Waals surface area contributed by atoms with Crippen LogP contribution in [-0.2, 0) is 0 Å². The molecule has 0 fully saturated rings.